The first-order chi connectivity index (χ1) is 13.0. The van der Waals surface area contributed by atoms with Crippen molar-refractivity contribution in [3.8, 4) is 0 Å². The molecule has 1 heterocycles. The Bertz CT molecular complexity index is 745. The maximum Gasteiger partial charge on any atom is 0.306 e. The van der Waals surface area contributed by atoms with E-state index in [1.54, 1.807) is 6.92 Å². The Balaban J connectivity index is 2.06. The van der Waals surface area contributed by atoms with Gasteiger partial charge in [0, 0.05) is 50.4 Å². The lowest BCUT2D eigenvalue weighted by Crippen LogP contribution is -2.27. The fourth-order valence-corrected chi connectivity index (χ4v) is 3.35. The minimum Gasteiger partial charge on any atom is -0.460 e. The summed E-state index contributed by atoms with van der Waals surface area (Å²) < 4.78 is 7.12. The van der Waals surface area contributed by atoms with Crippen LogP contribution < -0.4 is 4.90 Å². The van der Waals surface area contributed by atoms with Gasteiger partial charge in [-0.15, -0.1) is 23.2 Å². The minimum atomic E-state index is -0.462. The fraction of sp³-hybridized carbons (Fsp3) is 0.579. The van der Waals surface area contributed by atoms with Crippen molar-refractivity contribution in [2.75, 3.05) is 36.4 Å². The lowest BCUT2D eigenvalue weighted by molar-refractivity contribution is -0.150. The second kappa shape index (κ2) is 10.7. The van der Waals surface area contributed by atoms with E-state index in [0.717, 1.165) is 35.6 Å². The number of carbonyl (C=O) groups excluding carboxylic acids is 1. The number of aliphatic hydroxyl groups is 1. The summed E-state index contributed by atoms with van der Waals surface area (Å²) in [6.07, 6.45) is 1.16. The number of imidazole rings is 1. The maximum atomic E-state index is 11.7. The second-order valence-corrected chi connectivity index (χ2v) is 7.22. The average Bonchev–Trinajstić information content (AvgIpc) is 2.96. The van der Waals surface area contributed by atoms with Crippen LogP contribution in [-0.2, 0) is 23.0 Å². The predicted molar refractivity (Wildman–Crippen MR) is 110 cm³/mol. The van der Waals surface area contributed by atoms with Crippen molar-refractivity contribution in [2.45, 2.75) is 32.3 Å². The number of anilines is 1. The molecule has 6 nitrogen and oxygen atoms in total. The number of esters is 1. The first kappa shape index (κ1) is 21.8. The summed E-state index contributed by atoms with van der Waals surface area (Å²) in [4.78, 5) is 18.6. The second-order valence-electron chi connectivity index (χ2n) is 6.46. The topological polar surface area (TPSA) is 67.6 Å². The first-order valence-corrected chi connectivity index (χ1v) is 10.2. The molecule has 0 spiro atoms. The molecule has 27 heavy (non-hydrogen) atoms. The van der Waals surface area contributed by atoms with Gasteiger partial charge in [0.2, 0.25) is 0 Å². The molecule has 0 aliphatic rings. The van der Waals surface area contributed by atoms with Crippen LogP contribution in [0.5, 0.6) is 0 Å². The summed E-state index contributed by atoms with van der Waals surface area (Å²) in [6, 6.07) is 6.16. The highest BCUT2D eigenvalue weighted by Gasteiger charge is 2.13. The molecular formula is C19H27Cl2N3O3. The van der Waals surface area contributed by atoms with Gasteiger partial charge in [-0.2, -0.15) is 0 Å². The number of halogens is 2. The number of alkyl halides is 2. The van der Waals surface area contributed by atoms with Gasteiger partial charge >= 0.3 is 5.97 Å². The average molecular weight is 416 g/mol. The Morgan fingerprint density at radius 3 is 2.67 bits per heavy atom. The molecule has 2 aromatic rings. The summed E-state index contributed by atoms with van der Waals surface area (Å²) >= 11 is 11.8. The number of benzene rings is 1. The van der Waals surface area contributed by atoms with Crippen molar-refractivity contribution >= 4 is 45.9 Å². The van der Waals surface area contributed by atoms with E-state index in [1.807, 2.05) is 17.7 Å². The molecule has 1 N–H and O–H groups in total. The molecule has 0 amide bonds. The molecule has 0 aliphatic carbocycles. The maximum absolute atomic E-state index is 11.7. The SMILES string of the molecule is CC(CO)OC(=O)CCCc1nc2cc(N(CCCl)CCCl)ccc2n1C. The van der Waals surface area contributed by atoms with Gasteiger partial charge in [0.1, 0.15) is 11.9 Å². The third kappa shape index (κ3) is 5.99. The third-order valence-corrected chi connectivity index (χ3v) is 4.74. The predicted octanol–water partition coefficient (Wildman–Crippen LogP) is 3.10. The Labute approximate surface area is 170 Å². The molecule has 8 heteroatoms. The van der Waals surface area contributed by atoms with Crippen LogP contribution in [0, 0.1) is 0 Å². The zero-order valence-corrected chi connectivity index (χ0v) is 17.3. The van der Waals surface area contributed by atoms with Gasteiger partial charge in [-0.05, 0) is 31.5 Å². The van der Waals surface area contributed by atoms with E-state index in [-0.39, 0.29) is 12.6 Å². The van der Waals surface area contributed by atoms with Crippen LogP contribution in [0.1, 0.15) is 25.6 Å². The molecule has 1 atom stereocenters. The minimum absolute atomic E-state index is 0.163. The van der Waals surface area contributed by atoms with Gasteiger partial charge in [0.25, 0.3) is 0 Å². The van der Waals surface area contributed by atoms with E-state index < -0.39 is 6.10 Å². The van der Waals surface area contributed by atoms with E-state index >= 15 is 0 Å². The summed E-state index contributed by atoms with van der Waals surface area (Å²) in [7, 11) is 1.98. The molecule has 0 aliphatic heterocycles. The molecule has 0 fully saturated rings. The molecule has 0 saturated heterocycles. The van der Waals surface area contributed by atoms with E-state index in [1.165, 1.54) is 0 Å². The van der Waals surface area contributed by atoms with Crippen LogP contribution in [0.15, 0.2) is 18.2 Å². The van der Waals surface area contributed by atoms with E-state index in [2.05, 4.69) is 17.0 Å². The number of aryl methyl sites for hydroxylation is 2. The zero-order chi connectivity index (χ0) is 19.8. The quantitative estimate of drug-likeness (QED) is 0.451. The number of rotatable bonds is 11. The van der Waals surface area contributed by atoms with Crippen LogP contribution >= 0.6 is 23.2 Å². The third-order valence-electron chi connectivity index (χ3n) is 4.40. The summed E-state index contributed by atoms with van der Waals surface area (Å²) in [5.74, 6) is 1.70. The number of aliphatic hydroxyl groups excluding tert-OH is 1. The van der Waals surface area contributed by atoms with Crippen molar-refractivity contribution in [3.63, 3.8) is 0 Å². The molecule has 2 rings (SSSR count). The highest BCUT2D eigenvalue weighted by molar-refractivity contribution is 6.18. The standard InChI is InChI=1S/C19H27Cl2N3O3/c1-14(13-25)27-19(26)5-3-4-18-22-16-12-15(6-7-17(16)23(18)2)24(10-8-20)11-9-21/h6-7,12,14,25H,3-5,8-11,13H2,1-2H3. The summed E-state index contributed by atoms with van der Waals surface area (Å²) in [6.45, 7) is 2.96. The monoisotopic (exact) mass is 415 g/mol. The van der Waals surface area contributed by atoms with Crippen LogP contribution in [0.25, 0.3) is 11.0 Å². The molecule has 1 unspecified atom stereocenters. The molecule has 0 bridgehead atoms. The fourth-order valence-electron chi connectivity index (χ4n) is 2.94. The number of aromatic nitrogens is 2. The van der Waals surface area contributed by atoms with E-state index in [0.29, 0.717) is 31.0 Å². The first-order valence-electron chi connectivity index (χ1n) is 9.12. The van der Waals surface area contributed by atoms with Gasteiger partial charge in [-0.25, -0.2) is 4.98 Å². The number of ether oxygens (including phenoxy) is 1. The number of hydrogen-bond acceptors (Lipinski definition) is 5. The normalized spacial score (nSPS) is 12.3. The molecule has 1 aromatic carbocycles. The lowest BCUT2D eigenvalue weighted by atomic mass is 10.2. The lowest BCUT2D eigenvalue weighted by Gasteiger charge is -2.22. The van der Waals surface area contributed by atoms with Gasteiger partial charge in [0.05, 0.1) is 17.6 Å². The van der Waals surface area contributed by atoms with Crippen molar-refractivity contribution in [2.24, 2.45) is 7.05 Å². The zero-order valence-electron chi connectivity index (χ0n) is 15.8. The van der Waals surface area contributed by atoms with Gasteiger partial charge in [0.15, 0.2) is 0 Å². The Morgan fingerprint density at radius 1 is 1.33 bits per heavy atom. The number of hydrogen-bond donors (Lipinski definition) is 1. The van der Waals surface area contributed by atoms with Crippen molar-refractivity contribution < 1.29 is 14.6 Å². The Morgan fingerprint density at radius 2 is 2.04 bits per heavy atom. The molecule has 0 radical (unpaired) electrons. The van der Waals surface area contributed by atoms with Gasteiger partial charge in [-0.1, -0.05) is 0 Å². The largest absolute Gasteiger partial charge is 0.460 e. The highest BCUT2D eigenvalue weighted by Crippen LogP contribution is 2.23. The van der Waals surface area contributed by atoms with Crippen LogP contribution in [0.2, 0.25) is 0 Å². The van der Waals surface area contributed by atoms with Gasteiger partial charge < -0.3 is 19.3 Å². The summed E-state index contributed by atoms with van der Waals surface area (Å²) in [5.41, 5.74) is 3.01. The number of nitrogens with zero attached hydrogens (tertiary/aromatic N) is 3. The molecule has 1 aromatic heterocycles. The smallest absolute Gasteiger partial charge is 0.306 e. The number of fused-ring (bicyclic) bond motifs is 1. The number of carbonyl (C=O) groups is 1. The molecule has 150 valence electrons. The van der Waals surface area contributed by atoms with E-state index in [4.69, 9.17) is 38.0 Å². The van der Waals surface area contributed by atoms with Gasteiger partial charge in [-0.3, -0.25) is 4.79 Å². The molecular weight excluding hydrogens is 389 g/mol. The van der Waals surface area contributed by atoms with Crippen LogP contribution in [0.3, 0.4) is 0 Å². The van der Waals surface area contributed by atoms with Crippen LogP contribution in [-0.4, -0.2) is 58.2 Å². The Kier molecular flexibility index (Phi) is 8.67. The summed E-state index contributed by atoms with van der Waals surface area (Å²) in [5, 5.41) is 8.92. The molecule has 0 saturated carbocycles. The van der Waals surface area contributed by atoms with E-state index in [9.17, 15) is 4.79 Å². The Hall–Kier alpha value is -1.50. The van der Waals surface area contributed by atoms with Crippen molar-refractivity contribution in [3.05, 3.63) is 24.0 Å². The van der Waals surface area contributed by atoms with Crippen LogP contribution in [0.4, 0.5) is 5.69 Å². The highest BCUT2D eigenvalue weighted by atomic mass is 35.5. The van der Waals surface area contributed by atoms with Crippen molar-refractivity contribution in [1.82, 2.24) is 9.55 Å². The van der Waals surface area contributed by atoms with Crippen molar-refractivity contribution in [1.29, 1.82) is 0 Å².